The summed E-state index contributed by atoms with van der Waals surface area (Å²) in [5.41, 5.74) is 3.11. The number of fused-ring (bicyclic) bond motifs is 1. The molecular weight excluding hydrogens is 286 g/mol. The highest BCUT2D eigenvalue weighted by Gasteiger charge is 2.12. The second-order valence-corrected chi connectivity index (χ2v) is 6.09. The molecule has 1 heterocycles. The van der Waals surface area contributed by atoms with E-state index in [1.165, 1.54) is 42.7 Å². The van der Waals surface area contributed by atoms with Gasteiger partial charge >= 0.3 is 5.97 Å². The fourth-order valence-corrected chi connectivity index (χ4v) is 3.31. The number of hydrogen-bond donors (Lipinski definition) is 1. The highest BCUT2D eigenvalue weighted by Crippen LogP contribution is 2.29. The minimum atomic E-state index is -0.884. The van der Waals surface area contributed by atoms with Gasteiger partial charge in [-0.3, -0.25) is 0 Å². The molecule has 0 aliphatic rings. The average molecular weight is 313 g/mol. The Hall–Kier alpha value is -2.03. The van der Waals surface area contributed by atoms with Crippen molar-refractivity contribution in [2.45, 2.75) is 58.9 Å². The molecule has 2 rings (SSSR count). The molecule has 0 amide bonds. The summed E-state index contributed by atoms with van der Waals surface area (Å²) in [5, 5.41) is 10.2. The van der Waals surface area contributed by atoms with E-state index in [4.69, 9.17) is 5.11 Å². The van der Waals surface area contributed by atoms with Crippen molar-refractivity contribution in [2.24, 2.45) is 0 Å². The van der Waals surface area contributed by atoms with E-state index < -0.39 is 5.97 Å². The predicted molar refractivity (Wildman–Crippen MR) is 96.7 cm³/mol. The molecule has 1 aromatic carbocycles. The molecule has 0 saturated heterocycles. The average Bonchev–Trinajstić information content (AvgIpc) is 2.95. The number of nitrogens with zero attached hydrogens (tertiary/aromatic N) is 1. The fourth-order valence-electron chi connectivity index (χ4n) is 3.31. The van der Waals surface area contributed by atoms with E-state index in [9.17, 15) is 4.79 Å². The van der Waals surface area contributed by atoms with Gasteiger partial charge < -0.3 is 9.67 Å². The molecule has 0 saturated carbocycles. The predicted octanol–water partition coefficient (Wildman–Crippen LogP) is 5.66. The molecule has 1 N–H and O–H groups in total. The maximum atomic E-state index is 11.0. The van der Waals surface area contributed by atoms with Crippen LogP contribution in [0.2, 0.25) is 0 Å². The summed E-state index contributed by atoms with van der Waals surface area (Å²) in [6.07, 6.45) is 8.96. The van der Waals surface area contributed by atoms with Crippen molar-refractivity contribution < 1.29 is 9.90 Å². The topological polar surface area (TPSA) is 42.2 Å². The summed E-state index contributed by atoms with van der Waals surface area (Å²) in [5.74, 6) is -0.884. The summed E-state index contributed by atoms with van der Waals surface area (Å²) in [6.45, 7) is 6.45. The molecule has 0 aliphatic carbocycles. The lowest BCUT2D eigenvalue weighted by molar-refractivity contribution is -0.131. The Balaban J connectivity index is 2.41. The quantitative estimate of drug-likeness (QED) is 0.639. The molecule has 0 fully saturated rings. The van der Waals surface area contributed by atoms with Crippen LogP contribution in [-0.4, -0.2) is 15.6 Å². The molecule has 2 aromatic rings. The Morgan fingerprint density at radius 1 is 1.17 bits per heavy atom. The molecule has 23 heavy (non-hydrogen) atoms. The van der Waals surface area contributed by atoms with Crippen LogP contribution < -0.4 is 0 Å². The van der Waals surface area contributed by atoms with Crippen LogP contribution in [0.4, 0.5) is 0 Å². The SMILES string of the molecule is CCCC(CCC)n1ccc2cc(C(=CC(=O)O)CC)ccc21. The van der Waals surface area contributed by atoms with Crippen molar-refractivity contribution in [1.82, 2.24) is 4.57 Å². The van der Waals surface area contributed by atoms with E-state index in [-0.39, 0.29) is 0 Å². The number of allylic oxidation sites excluding steroid dienone is 1. The largest absolute Gasteiger partial charge is 0.478 e. The molecule has 3 nitrogen and oxygen atoms in total. The van der Waals surface area contributed by atoms with Crippen LogP contribution in [0, 0.1) is 0 Å². The second kappa shape index (κ2) is 8.00. The third-order valence-electron chi connectivity index (χ3n) is 4.41. The third kappa shape index (κ3) is 4.04. The number of carboxylic acids is 1. The molecule has 0 bridgehead atoms. The monoisotopic (exact) mass is 313 g/mol. The van der Waals surface area contributed by atoms with Crippen LogP contribution in [0.1, 0.15) is 64.5 Å². The number of carbonyl (C=O) groups is 1. The third-order valence-corrected chi connectivity index (χ3v) is 4.41. The van der Waals surface area contributed by atoms with Crippen molar-refractivity contribution in [3.05, 3.63) is 42.1 Å². The van der Waals surface area contributed by atoms with Gasteiger partial charge in [0.2, 0.25) is 0 Å². The van der Waals surface area contributed by atoms with Gasteiger partial charge in [0.25, 0.3) is 0 Å². The van der Waals surface area contributed by atoms with Gasteiger partial charge in [0.15, 0.2) is 0 Å². The van der Waals surface area contributed by atoms with Gasteiger partial charge in [-0.1, -0.05) is 39.7 Å². The second-order valence-electron chi connectivity index (χ2n) is 6.09. The molecular formula is C20H27NO2. The highest BCUT2D eigenvalue weighted by atomic mass is 16.4. The fraction of sp³-hybridized carbons (Fsp3) is 0.450. The number of hydrogen-bond acceptors (Lipinski definition) is 1. The lowest BCUT2D eigenvalue weighted by Crippen LogP contribution is -2.07. The zero-order valence-corrected chi connectivity index (χ0v) is 14.4. The van der Waals surface area contributed by atoms with Crippen molar-refractivity contribution >= 4 is 22.4 Å². The van der Waals surface area contributed by atoms with Gasteiger partial charge in [0.1, 0.15) is 0 Å². The van der Waals surface area contributed by atoms with Gasteiger partial charge in [0, 0.05) is 29.2 Å². The molecule has 0 spiro atoms. The first-order chi connectivity index (χ1) is 11.1. The maximum Gasteiger partial charge on any atom is 0.328 e. The highest BCUT2D eigenvalue weighted by molar-refractivity contribution is 5.92. The van der Waals surface area contributed by atoms with E-state index in [0.29, 0.717) is 12.5 Å². The molecule has 0 aliphatic heterocycles. The molecule has 3 heteroatoms. The maximum absolute atomic E-state index is 11.0. The zero-order chi connectivity index (χ0) is 16.8. The number of rotatable bonds is 8. The zero-order valence-electron chi connectivity index (χ0n) is 14.4. The molecule has 0 unspecified atom stereocenters. The van der Waals surface area contributed by atoms with Crippen molar-refractivity contribution in [1.29, 1.82) is 0 Å². The number of aliphatic carboxylic acids is 1. The summed E-state index contributed by atoms with van der Waals surface area (Å²) in [6, 6.07) is 8.98. The number of carboxylic acid groups (broad SMARTS) is 1. The first-order valence-electron chi connectivity index (χ1n) is 8.65. The summed E-state index contributed by atoms with van der Waals surface area (Å²) in [4.78, 5) is 11.0. The summed E-state index contributed by atoms with van der Waals surface area (Å²) in [7, 11) is 0. The first kappa shape index (κ1) is 17.3. The normalized spacial score (nSPS) is 12.3. The minimum Gasteiger partial charge on any atom is -0.478 e. The summed E-state index contributed by atoms with van der Waals surface area (Å²) >= 11 is 0. The van der Waals surface area contributed by atoms with Gasteiger partial charge in [0.05, 0.1) is 0 Å². The van der Waals surface area contributed by atoms with Crippen LogP contribution in [0.3, 0.4) is 0 Å². The molecule has 0 radical (unpaired) electrons. The van der Waals surface area contributed by atoms with E-state index >= 15 is 0 Å². The van der Waals surface area contributed by atoms with Crippen LogP contribution >= 0.6 is 0 Å². The standard InChI is InChI=1S/C20H27NO2/c1-4-7-18(8-5-2)21-12-11-17-13-16(9-10-19(17)21)15(6-3)14-20(22)23/h9-14,18H,4-8H2,1-3H3,(H,22,23). The Morgan fingerprint density at radius 3 is 2.43 bits per heavy atom. The van der Waals surface area contributed by atoms with Crippen molar-refractivity contribution in [2.75, 3.05) is 0 Å². The first-order valence-corrected chi connectivity index (χ1v) is 8.65. The lowest BCUT2D eigenvalue weighted by Gasteiger charge is -2.19. The van der Waals surface area contributed by atoms with Gasteiger partial charge in [-0.15, -0.1) is 0 Å². The number of aromatic nitrogens is 1. The Bertz CT molecular complexity index is 691. The molecule has 0 atom stereocenters. The minimum absolute atomic E-state index is 0.550. The van der Waals surface area contributed by atoms with Crippen LogP contribution in [-0.2, 0) is 4.79 Å². The molecule has 124 valence electrons. The van der Waals surface area contributed by atoms with Gasteiger partial charge in [-0.2, -0.15) is 0 Å². The van der Waals surface area contributed by atoms with Gasteiger partial charge in [-0.05, 0) is 48.6 Å². The van der Waals surface area contributed by atoms with E-state index in [2.05, 4.69) is 42.8 Å². The summed E-state index contributed by atoms with van der Waals surface area (Å²) < 4.78 is 2.39. The van der Waals surface area contributed by atoms with Crippen LogP contribution in [0.5, 0.6) is 0 Å². The lowest BCUT2D eigenvalue weighted by atomic mass is 10.0. The van der Waals surface area contributed by atoms with E-state index in [1.54, 1.807) is 0 Å². The Kier molecular flexibility index (Phi) is 6.03. The van der Waals surface area contributed by atoms with Crippen LogP contribution in [0.25, 0.3) is 16.5 Å². The molecule has 1 aromatic heterocycles. The van der Waals surface area contributed by atoms with Gasteiger partial charge in [-0.25, -0.2) is 4.79 Å². The van der Waals surface area contributed by atoms with Crippen LogP contribution in [0.15, 0.2) is 36.5 Å². The Morgan fingerprint density at radius 2 is 1.87 bits per heavy atom. The van der Waals surface area contributed by atoms with E-state index in [0.717, 1.165) is 11.1 Å². The van der Waals surface area contributed by atoms with E-state index in [1.807, 2.05) is 13.0 Å². The van der Waals surface area contributed by atoms with Crippen molar-refractivity contribution in [3.63, 3.8) is 0 Å². The number of benzene rings is 1. The Labute approximate surface area is 138 Å². The van der Waals surface area contributed by atoms with Crippen molar-refractivity contribution in [3.8, 4) is 0 Å². The smallest absolute Gasteiger partial charge is 0.328 e.